The number of carbonyl (C=O) groups excluding carboxylic acids is 4. The van der Waals surface area contributed by atoms with Crippen LogP contribution in [0.25, 0.3) is 0 Å². The lowest BCUT2D eigenvalue weighted by atomic mass is 10.00. The molecule has 0 fully saturated rings. The van der Waals surface area contributed by atoms with Gasteiger partial charge in [-0.2, -0.15) is 0 Å². The molecule has 0 rings (SSSR count). The van der Waals surface area contributed by atoms with Gasteiger partial charge in [0.25, 0.3) is 0 Å². The second-order valence-electron chi connectivity index (χ2n) is 26.6. The Morgan fingerprint density at radius 1 is 0.359 bits per heavy atom. The van der Waals surface area contributed by atoms with Crippen LogP contribution in [0.5, 0.6) is 0 Å². The van der Waals surface area contributed by atoms with Crippen molar-refractivity contribution in [1.29, 1.82) is 0 Å². The monoisotopic (exact) mass is 1350 g/mol. The first kappa shape index (κ1) is 89.5. The summed E-state index contributed by atoms with van der Waals surface area (Å²) >= 11 is 0. The van der Waals surface area contributed by atoms with E-state index in [9.17, 15) is 43.2 Å². The Morgan fingerprint density at radius 2 is 0.641 bits per heavy atom. The van der Waals surface area contributed by atoms with Crippen molar-refractivity contribution in [2.45, 2.75) is 362 Å². The topological polar surface area (TPSA) is 237 Å². The molecule has 92 heavy (non-hydrogen) atoms. The molecule has 0 aliphatic carbocycles. The van der Waals surface area contributed by atoms with Gasteiger partial charge in [-0.15, -0.1) is 0 Å². The standard InChI is InChI=1S/C73H138O17P2/c1-8-11-12-13-14-15-16-17-18-23-26-29-32-42-49-56-72(77)89-68(60-83-70(75)54-47-40-31-28-25-22-20-19-21-24-27-30-37-44-51-64(4)5)62-87-91(79,80)85-58-67(74)59-86-92(81,82)88-63-69(90-73(78)57-50-43-36-34-39-46-53-66(7)10-3)61-84-71(76)55-48-41-35-33-38-45-52-65(6)9-2/h15-18,64-69,74H,8-14,19-63H2,1-7H3,(H,79,80)(H,81,82)/b16-15-,18-17-/t65?,66?,67-,68-,69-/m1/s1. The first-order chi connectivity index (χ1) is 44.3. The van der Waals surface area contributed by atoms with Crippen molar-refractivity contribution in [2.24, 2.45) is 17.8 Å². The number of unbranched alkanes of at least 4 members (excludes halogenated alkanes) is 32. The highest BCUT2D eigenvalue weighted by molar-refractivity contribution is 7.47. The van der Waals surface area contributed by atoms with Gasteiger partial charge in [-0.05, 0) is 69.1 Å². The molecular weight excluding hydrogens is 1210 g/mol. The maximum Gasteiger partial charge on any atom is 0.472 e. The Balaban J connectivity index is 5.28. The fourth-order valence-corrected chi connectivity index (χ4v) is 12.0. The van der Waals surface area contributed by atoms with Crippen molar-refractivity contribution >= 4 is 39.5 Å². The summed E-state index contributed by atoms with van der Waals surface area (Å²) in [6, 6.07) is 0. The highest BCUT2D eigenvalue weighted by Crippen LogP contribution is 2.45. The molecule has 0 aromatic carbocycles. The lowest BCUT2D eigenvalue weighted by molar-refractivity contribution is -0.161. The summed E-state index contributed by atoms with van der Waals surface area (Å²) in [5, 5.41) is 10.6. The molecule has 0 spiro atoms. The van der Waals surface area contributed by atoms with Gasteiger partial charge in [0.15, 0.2) is 12.2 Å². The van der Waals surface area contributed by atoms with Gasteiger partial charge in [-0.1, -0.05) is 291 Å². The zero-order chi connectivity index (χ0) is 68.0. The molecule has 0 aromatic rings. The van der Waals surface area contributed by atoms with Crippen molar-refractivity contribution < 1.29 is 80.2 Å². The van der Waals surface area contributed by atoms with E-state index in [2.05, 4.69) is 72.8 Å². The van der Waals surface area contributed by atoms with Gasteiger partial charge in [0.2, 0.25) is 0 Å². The minimum Gasteiger partial charge on any atom is -0.462 e. The molecule has 0 radical (unpaired) electrons. The largest absolute Gasteiger partial charge is 0.472 e. The van der Waals surface area contributed by atoms with Gasteiger partial charge in [-0.25, -0.2) is 9.13 Å². The smallest absolute Gasteiger partial charge is 0.462 e. The Labute approximate surface area is 561 Å². The third-order valence-corrected chi connectivity index (χ3v) is 18.9. The molecule has 542 valence electrons. The number of aliphatic hydroxyl groups is 1. The zero-order valence-corrected chi connectivity index (χ0v) is 61.3. The molecule has 0 amide bonds. The molecule has 19 heteroatoms. The van der Waals surface area contributed by atoms with Crippen molar-refractivity contribution in [1.82, 2.24) is 0 Å². The molecule has 0 saturated heterocycles. The van der Waals surface area contributed by atoms with E-state index in [4.69, 9.17) is 37.0 Å². The summed E-state index contributed by atoms with van der Waals surface area (Å²) in [4.78, 5) is 72.6. The number of esters is 4. The molecule has 0 aromatic heterocycles. The van der Waals surface area contributed by atoms with E-state index in [0.717, 1.165) is 127 Å². The molecule has 0 saturated carbocycles. The summed E-state index contributed by atoms with van der Waals surface area (Å²) in [6.07, 6.45) is 50.9. The zero-order valence-electron chi connectivity index (χ0n) is 59.5. The van der Waals surface area contributed by atoms with Crippen LogP contribution in [0, 0.1) is 17.8 Å². The first-order valence-corrected chi connectivity index (χ1v) is 40.2. The SMILES string of the molecule is CCCCCC/C=C\C=C/CCCCCCCC(=O)O[C@H](COC(=O)CCCCCCCCCCCCCCCCC(C)C)COP(=O)(O)OC[C@@H](O)COP(=O)(O)OC[C@@H](COC(=O)CCCCCCCCC(C)CC)OC(=O)CCCCCCCCC(C)CC. The number of carbonyl (C=O) groups is 4. The van der Waals surface area contributed by atoms with Crippen LogP contribution in [-0.4, -0.2) is 96.7 Å². The molecule has 0 bridgehead atoms. The van der Waals surface area contributed by atoms with E-state index in [0.29, 0.717) is 25.7 Å². The van der Waals surface area contributed by atoms with Crippen LogP contribution < -0.4 is 0 Å². The predicted octanol–water partition coefficient (Wildman–Crippen LogP) is 20.6. The number of rotatable bonds is 69. The van der Waals surface area contributed by atoms with Crippen LogP contribution in [-0.2, 0) is 65.4 Å². The number of aliphatic hydroxyl groups excluding tert-OH is 1. The van der Waals surface area contributed by atoms with Crippen molar-refractivity contribution in [3.8, 4) is 0 Å². The van der Waals surface area contributed by atoms with Crippen LogP contribution >= 0.6 is 15.6 Å². The molecule has 3 N–H and O–H groups in total. The van der Waals surface area contributed by atoms with Crippen molar-refractivity contribution in [3.63, 3.8) is 0 Å². The van der Waals surface area contributed by atoms with E-state index in [-0.39, 0.29) is 25.7 Å². The van der Waals surface area contributed by atoms with E-state index < -0.39 is 97.5 Å². The normalized spacial score (nSPS) is 14.9. The molecule has 0 aliphatic heterocycles. The lowest BCUT2D eigenvalue weighted by Gasteiger charge is -2.21. The molecule has 0 heterocycles. The van der Waals surface area contributed by atoms with E-state index in [1.807, 2.05) is 0 Å². The number of allylic oxidation sites excluding steroid dienone is 4. The third kappa shape index (κ3) is 63.6. The molecule has 0 aliphatic rings. The third-order valence-electron chi connectivity index (χ3n) is 17.0. The minimum absolute atomic E-state index is 0.0846. The van der Waals surface area contributed by atoms with E-state index in [1.54, 1.807) is 0 Å². The van der Waals surface area contributed by atoms with Gasteiger partial charge in [-0.3, -0.25) is 37.3 Å². The number of phosphoric ester groups is 2. The summed E-state index contributed by atoms with van der Waals surface area (Å²) < 4.78 is 68.3. The Kier molecular flexibility index (Phi) is 61.6. The Morgan fingerprint density at radius 3 is 0.967 bits per heavy atom. The van der Waals surface area contributed by atoms with Crippen LogP contribution in [0.2, 0.25) is 0 Å². The Hall–Kier alpha value is -2.46. The number of phosphoric acid groups is 2. The highest BCUT2D eigenvalue weighted by atomic mass is 31.2. The fourth-order valence-electron chi connectivity index (χ4n) is 10.5. The summed E-state index contributed by atoms with van der Waals surface area (Å²) in [5.74, 6) is 0.0876. The van der Waals surface area contributed by atoms with Crippen molar-refractivity contribution in [3.05, 3.63) is 24.3 Å². The fraction of sp³-hybridized carbons (Fsp3) is 0.890. The lowest BCUT2D eigenvalue weighted by Crippen LogP contribution is -2.30. The van der Waals surface area contributed by atoms with E-state index in [1.165, 1.54) is 135 Å². The Bertz CT molecular complexity index is 1900. The first-order valence-electron chi connectivity index (χ1n) is 37.2. The molecule has 17 nitrogen and oxygen atoms in total. The summed E-state index contributed by atoms with van der Waals surface area (Å²) in [6.45, 7) is 11.7. The average molecular weight is 1350 g/mol. The average Bonchev–Trinajstić information content (AvgIpc) is 2.31. The van der Waals surface area contributed by atoms with Crippen LogP contribution in [0.3, 0.4) is 0 Å². The van der Waals surface area contributed by atoms with Crippen LogP contribution in [0.4, 0.5) is 0 Å². The molecular formula is C73H138O17P2. The molecule has 4 unspecified atom stereocenters. The second kappa shape index (κ2) is 63.3. The summed E-state index contributed by atoms with van der Waals surface area (Å²) in [5.41, 5.74) is 0. The van der Waals surface area contributed by atoms with Gasteiger partial charge in [0, 0.05) is 25.7 Å². The van der Waals surface area contributed by atoms with Gasteiger partial charge >= 0.3 is 39.5 Å². The summed E-state index contributed by atoms with van der Waals surface area (Å²) in [7, 11) is -9.92. The van der Waals surface area contributed by atoms with E-state index >= 15 is 0 Å². The molecule has 7 atom stereocenters. The minimum atomic E-state index is -4.96. The second-order valence-corrected chi connectivity index (χ2v) is 29.5. The quantitative estimate of drug-likeness (QED) is 0.0169. The van der Waals surface area contributed by atoms with Gasteiger partial charge in [0.1, 0.15) is 19.3 Å². The number of ether oxygens (including phenoxy) is 4. The predicted molar refractivity (Wildman–Crippen MR) is 372 cm³/mol. The van der Waals surface area contributed by atoms with Gasteiger partial charge in [0.05, 0.1) is 26.4 Å². The van der Waals surface area contributed by atoms with Crippen molar-refractivity contribution in [2.75, 3.05) is 39.6 Å². The number of hydrogen-bond donors (Lipinski definition) is 3. The van der Waals surface area contributed by atoms with Gasteiger partial charge < -0.3 is 33.8 Å². The number of hydrogen-bond acceptors (Lipinski definition) is 15. The van der Waals surface area contributed by atoms with Crippen LogP contribution in [0.1, 0.15) is 344 Å². The van der Waals surface area contributed by atoms with Crippen LogP contribution in [0.15, 0.2) is 24.3 Å². The maximum atomic E-state index is 13.0. The highest BCUT2D eigenvalue weighted by Gasteiger charge is 2.30. The maximum absolute atomic E-state index is 13.0.